The van der Waals surface area contributed by atoms with Crippen LogP contribution in [0.3, 0.4) is 0 Å². The Bertz CT molecular complexity index is 400. The van der Waals surface area contributed by atoms with Crippen molar-refractivity contribution in [2.75, 3.05) is 38.0 Å². The van der Waals surface area contributed by atoms with E-state index in [2.05, 4.69) is 41.4 Å². The molecule has 0 radical (unpaired) electrons. The number of hydrogen-bond donors (Lipinski definition) is 2. The van der Waals surface area contributed by atoms with E-state index in [1.54, 1.807) is 6.20 Å². The fraction of sp³-hybridized carbons (Fsp3) is 0.615. The summed E-state index contributed by atoms with van der Waals surface area (Å²) >= 11 is 0. The zero-order valence-electron chi connectivity index (χ0n) is 11.5. The molecule has 1 aromatic rings. The van der Waals surface area contributed by atoms with Gasteiger partial charge in [0.15, 0.2) is 0 Å². The summed E-state index contributed by atoms with van der Waals surface area (Å²) < 4.78 is 0. The number of rotatable bonds is 5. The Morgan fingerprint density at radius 1 is 1.39 bits per heavy atom. The Morgan fingerprint density at radius 3 is 2.61 bits per heavy atom. The van der Waals surface area contributed by atoms with Crippen LogP contribution in [0.5, 0.6) is 0 Å². The lowest BCUT2D eigenvalue weighted by molar-refractivity contribution is 0.0683. The van der Waals surface area contributed by atoms with Crippen molar-refractivity contribution in [3.05, 3.63) is 18.3 Å². The van der Waals surface area contributed by atoms with Crippen molar-refractivity contribution in [3.63, 3.8) is 0 Å². The number of nitrogens with one attached hydrogen (secondary N) is 1. The predicted octanol–water partition coefficient (Wildman–Crippen LogP) is 1.29. The molecule has 2 rings (SSSR count). The SMILES string of the molecule is CN(CC1(N(C)C)CCC1)c1ccnc(NN)c1. The molecule has 0 atom stereocenters. The molecule has 18 heavy (non-hydrogen) atoms. The third-order valence-corrected chi connectivity index (χ3v) is 4.10. The van der Waals surface area contributed by atoms with Gasteiger partial charge in [-0.25, -0.2) is 10.8 Å². The van der Waals surface area contributed by atoms with Gasteiger partial charge in [-0.2, -0.15) is 0 Å². The van der Waals surface area contributed by atoms with Crippen LogP contribution in [-0.2, 0) is 0 Å². The summed E-state index contributed by atoms with van der Waals surface area (Å²) in [4.78, 5) is 8.77. The van der Waals surface area contributed by atoms with E-state index in [1.165, 1.54) is 19.3 Å². The summed E-state index contributed by atoms with van der Waals surface area (Å²) in [7, 11) is 6.47. The second-order valence-electron chi connectivity index (χ2n) is 5.37. The van der Waals surface area contributed by atoms with Crippen LogP contribution in [0.4, 0.5) is 11.5 Å². The van der Waals surface area contributed by atoms with Crippen molar-refractivity contribution in [2.45, 2.75) is 24.8 Å². The molecule has 1 fully saturated rings. The lowest BCUT2D eigenvalue weighted by Gasteiger charge is -2.49. The second-order valence-corrected chi connectivity index (χ2v) is 5.37. The number of anilines is 2. The Hall–Kier alpha value is -1.33. The van der Waals surface area contributed by atoms with Gasteiger partial charge in [-0.1, -0.05) is 0 Å². The maximum atomic E-state index is 5.39. The van der Waals surface area contributed by atoms with Gasteiger partial charge in [0, 0.05) is 37.1 Å². The molecule has 1 aromatic heterocycles. The van der Waals surface area contributed by atoms with Crippen molar-refractivity contribution in [3.8, 4) is 0 Å². The number of likely N-dealkylation sites (N-methyl/N-ethyl adjacent to an activating group) is 2. The molecular weight excluding hydrogens is 226 g/mol. The molecule has 1 aliphatic carbocycles. The van der Waals surface area contributed by atoms with Crippen molar-refractivity contribution in [1.29, 1.82) is 0 Å². The molecule has 0 aromatic carbocycles. The third kappa shape index (κ3) is 2.42. The average Bonchev–Trinajstić information content (AvgIpc) is 2.33. The van der Waals surface area contributed by atoms with Gasteiger partial charge in [0.2, 0.25) is 0 Å². The largest absolute Gasteiger partial charge is 0.373 e. The van der Waals surface area contributed by atoms with E-state index in [4.69, 9.17) is 5.84 Å². The topological polar surface area (TPSA) is 57.4 Å². The van der Waals surface area contributed by atoms with E-state index in [0.717, 1.165) is 12.2 Å². The summed E-state index contributed by atoms with van der Waals surface area (Å²) in [5.74, 6) is 6.09. The van der Waals surface area contributed by atoms with Crippen molar-refractivity contribution >= 4 is 11.5 Å². The first-order valence-electron chi connectivity index (χ1n) is 6.39. The van der Waals surface area contributed by atoms with Gasteiger partial charge in [0.1, 0.15) is 5.82 Å². The lowest BCUT2D eigenvalue weighted by Crippen LogP contribution is -2.56. The minimum Gasteiger partial charge on any atom is -0.373 e. The molecule has 100 valence electrons. The Balaban J connectivity index is 2.09. The number of hydrazine groups is 1. The summed E-state index contributed by atoms with van der Waals surface area (Å²) in [5, 5.41) is 0. The first kappa shape index (κ1) is 13.1. The molecule has 3 N–H and O–H groups in total. The number of pyridine rings is 1. The number of nitrogens with zero attached hydrogens (tertiary/aromatic N) is 3. The van der Waals surface area contributed by atoms with Gasteiger partial charge in [0.25, 0.3) is 0 Å². The zero-order chi connectivity index (χ0) is 13.2. The standard InChI is InChI=1S/C13H23N5/c1-17(2)13(6-4-7-13)10-18(3)11-5-8-15-12(9-11)16-14/h5,8-9H,4,6-7,10,14H2,1-3H3,(H,15,16). The predicted molar refractivity (Wildman–Crippen MR) is 75.6 cm³/mol. The molecule has 0 unspecified atom stereocenters. The van der Waals surface area contributed by atoms with E-state index in [-0.39, 0.29) is 0 Å². The smallest absolute Gasteiger partial charge is 0.141 e. The molecule has 0 bridgehead atoms. The maximum Gasteiger partial charge on any atom is 0.141 e. The molecule has 0 saturated heterocycles. The van der Waals surface area contributed by atoms with E-state index in [1.807, 2.05) is 12.1 Å². The van der Waals surface area contributed by atoms with Crippen LogP contribution in [0.15, 0.2) is 18.3 Å². The fourth-order valence-electron chi connectivity index (χ4n) is 2.60. The fourth-order valence-corrected chi connectivity index (χ4v) is 2.60. The van der Waals surface area contributed by atoms with Gasteiger partial charge in [-0.05, 0) is 39.4 Å². The molecule has 1 saturated carbocycles. The average molecular weight is 249 g/mol. The van der Waals surface area contributed by atoms with Gasteiger partial charge >= 0.3 is 0 Å². The van der Waals surface area contributed by atoms with Crippen molar-refractivity contribution < 1.29 is 0 Å². The highest BCUT2D eigenvalue weighted by Gasteiger charge is 2.39. The molecule has 5 heteroatoms. The van der Waals surface area contributed by atoms with Crippen LogP contribution in [0.25, 0.3) is 0 Å². The molecule has 0 amide bonds. The van der Waals surface area contributed by atoms with Crippen LogP contribution < -0.4 is 16.2 Å². The van der Waals surface area contributed by atoms with E-state index < -0.39 is 0 Å². The van der Waals surface area contributed by atoms with Crippen LogP contribution in [0.1, 0.15) is 19.3 Å². The van der Waals surface area contributed by atoms with Crippen molar-refractivity contribution in [1.82, 2.24) is 9.88 Å². The monoisotopic (exact) mass is 249 g/mol. The molecule has 1 aliphatic rings. The second kappa shape index (κ2) is 5.12. The number of nitrogens with two attached hydrogens (primary N) is 1. The molecule has 0 spiro atoms. The zero-order valence-corrected chi connectivity index (χ0v) is 11.5. The van der Waals surface area contributed by atoms with Crippen molar-refractivity contribution in [2.24, 2.45) is 5.84 Å². The quantitative estimate of drug-likeness (QED) is 0.608. The van der Waals surface area contributed by atoms with E-state index >= 15 is 0 Å². The normalized spacial score (nSPS) is 17.4. The van der Waals surface area contributed by atoms with Gasteiger partial charge < -0.3 is 15.2 Å². The van der Waals surface area contributed by atoms with Crippen LogP contribution >= 0.6 is 0 Å². The number of nitrogen functional groups attached to an aromatic ring is 1. The first-order chi connectivity index (χ1) is 8.57. The summed E-state index contributed by atoms with van der Waals surface area (Å²) in [6.07, 6.45) is 5.66. The summed E-state index contributed by atoms with van der Waals surface area (Å²) in [5.41, 5.74) is 4.06. The minimum atomic E-state index is 0.328. The van der Waals surface area contributed by atoms with Gasteiger partial charge in [-0.3, -0.25) is 0 Å². The van der Waals surface area contributed by atoms with Gasteiger partial charge in [-0.15, -0.1) is 0 Å². The maximum absolute atomic E-state index is 5.39. The van der Waals surface area contributed by atoms with Crippen LogP contribution in [-0.4, -0.2) is 43.1 Å². The Labute approximate surface area is 109 Å². The number of hydrogen-bond acceptors (Lipinski definition) is 5. The van der Waals surface area contributed by atoms with E-state index in [0.29, 0.717) is 11.4 Å². The first-order valence-corrected chi connectivity index (χ1v) is 6.39. The minimum absolute atomic E-state index is 0.328. The molecule has 1 heterocycles. The lowest BCUT2D eigenvalue weighted by atomic mass is 9.75. The highest BCUT2D eigenvalue weighted by atomic mass is 15.3. The third-order valence-electron chi connectivity index (χ3n) is 4.10. The molecular formula is C13H23N5. The highest BCUT2D eigenvalue weighted by molar-refractivity contribution is 5.53. The Morgan fingerprint density at radius 2 is 2.11 bits per heavy atom. The molecule has 0 aliphatic heterocycles. The highest BCUT2D eigenvalue weighted by Crippen LogP contribution is 2.37. The summed E-state index contributed by atoms with van der Waals surface area (Å²) in [6, 6.07) is 3.99. The van der Waals surface area contributed by atoms with Crippen LogP contribution in [0.2, 0.25) is 0 Å². The number of aromatic nitrogens is 1. The van der Waals surface area contributed by atoms with Crippen LogP contribution in [0, 0.1) is 0 Å². The van der Waals surface area contributed by atoms with E-state index in [9.17, 15) is 0 Å². The Kier molecular flexibility index (Phi) is 3.73. The molecule has 5 nitrogen and oxygen atoms in total. The van der Waals surface area contributed by atoms with Gasteiger partial charge in [0.05, 0.1) is 0 Å². The summed E-state index contributed by atoms with van der Waals surface area (Å²) in [6.45, 7) is 1.04.